The molecule has 102 valence electrons. The van der Waals surface area contributed by atoms with Gasteiger partial charge in [0.15, 0.2) is 0 Å². The average molecular weight is 261 g/mol. The van der Waals surface area contributed by atoms with E-state index in [9.17, 15) is 4.79 Å². The summed E-state index contributed by atoms with van der Waals surface area (Å²) in [6, 6.07) is 4.98. The Labute approximate surface area is 111 Å². The first-order chi connectivity index (χ1) is 9.16. The van der Waals surface area contributed by atoms with Gasteiger partial charge in [-0.15, -0.1) is 0 Å². The predicted octanol–water partition coefficient (Wildman–Crippen LogP) is 1.91. The number of fused-ring (bicyclic) bond motifs is 1. The second kappa shape index (κ2) is 6.33. The first-order valence-corrected chi connectivity index (χ1v) is 6.59. The molecule has 1 fully saturated rings. The van der Waals surface area contributed by atoms with Gasteiger partial charge in [0.25, 0.3) is 5.56 Å². The van der Waals surface area contributed by atoms with E-state index in [1.54, 1.807) is 0 Å². The summed E-state index contributed by atoms with van der Waals surface area (Å²) < 4.78 is 0. The Bertz CT molecular complexity index is 589. The second-order valence-electron chi connectivity index (χ2n) is 4.83. The number of aromatic nitrogens is 2. The van der Waals surface area contributed by atoms with Gasteiger partial charge in [0.1, 0.15) is 5.75 Å². The van der Waals surface area contributed by atoms with Gasteiger partial charge in [-0.25, -0.2) is 4.98 Å². The lowest BCUT2D eigenvalue weighted by Gasteiger charge is -2.15. The number of nitrogens with two attached hydrogens (primary N) is 1. The van der Waals surface area contributed by atoms with Crippen molar-refractivity contribution in [2.24, 2.45) is 5.73 Å². The molecule has 4 N–H and O–H groups in total. The maximum absolute atomic E-state index is 11.1. The van der Waals surface area contributed by atoms with Crippen molar-refractivity contribution in [2.75, 3.05) is 0 Å². The zero-order valence-corrected chi connectivity index (χ0v) is 10.8. The van der Waals surface area contributed by atoms with Gasteiger partial charge in [-0.3, -0.25) is 4.79 Å². The highest BCUT2D eigenvalue weighted by atomic mass is 16.3. The van der Waals surface area contributed by atoms with Crippen molar-refractivity contribution < 1.29 is 5.11 Å². The Morgan fingerprint density at radius 1 is 1.26 bits per heavy atom. The molecular weight excluding hydrogens is 242 g/mol. The number of phenolic OH excluding ortho intramolecular Hbond substituents is 1. The average Bonchev–Trinajstić information content (AvgIpc) is 2.40. The number of aromatic amines is 1. The smallest absolute Gasteiger partial charge is 0.258 e. The molecular formula is C14H19N3O2. The van der Waals surface area contributed by atoms with Crippen LogP contribution >= 0.6 is 0 Å². The highest BCUT2D eigenvalue weighted by Gasteiger charge is 2.06. The highest BCUT2D eigenvalue weighted by molar-refractivity contribution is 5.78. The molecule has 0 amide bonds. The van der Waals surface area contributed by atoms with Crippen molar-refractivity contribution in [3.05, 3.63) is 34.9 Å². The normalized spacial score (nSPS) is 15.8. The van der Waals surface area contributed by atoms with E-state index in [4.69, 9.17) is 10.8 Å². The summed E-state index contributed by atoms with van der Waals surface area (Å²) in [5.41, 5.74) is 5.94. The zero-order valence-electron chi connectivity index (χ0n) is 10.8. The van der Waals surface area contributed by atoms with Crippen molar-refractivity contribution in [1.82, 2.24) is 9.97 Å². The summed E-state index contributed by atoms with van der Waals surface area (Å²) in [4.78, 5) is 17.4. The summed E-state index contributed by atoms with van der Waals surface area (Å²) in [6.45, 7) is 0. The molecule has 1 aliphatic carbocycles. The standard InChI is InChI=1S/C8H6N2O2.C6H13N/c11-5-1-2-6-7(3-5)9-4-10-8(6)12;7-6-4-2-1-3-5-6/h1-4,11H,(H,9,10,12);6H,1-5,7H2. The summed E-state index contributed by atoms with van der Waals surface area (Å²) >= 11 is 0. The van der Waals surface area contributed by atoms with Crippen LogP contribution in [0.5, 0.6) is 5.75 Å². The highest BCUT2D eigenvalue weighted by Crippen LogP contribution is 2.15. The molecule has 1 aliphatic rings. The van der Waals surface area contributed by atoms with E-state index in [0.29, 0.717) is 16.9 Å². The summed E-state index contributed by atoms with van der Waals surface area (Å²) in [7, 11) is 0. The van der Waals surface area contributed by atoms with Crippen LogP contribution in [0.25, 0.3) is 10.9 Å². The topological polar surface area (TPSA) is 92.0 Å². The maximum atomic E-state index is 11.1. The number of hydrogen-bond donors (Lipinski definition) is 3. The Morgan fingerprint density at radius 3 is 2.63 bits per heavy atom. The van der Waals surface area contributed by atoms with Crippen LogP contribution in [-0.2, 0) is 0 Å². The number of hydrogen-bond acceptors (Lipinski definition) is 4. The number of nitrogens with zero attached hydrogens (tertiary/aromatic N) is 1. The van der Waals surface area contributed by atoms with Crippen molar-refractivity contribution in [3.63, 3.8) is 0 Å². The second-order valence-corrected chi connectivity index (χ2v) is 4.83. The predicted molar refractivity (Wildman–Crippen MR) is 75.1 cm³/mol. The molecule has 0 unspecified atom stereocenters. The fourth-order valence-electron chi connectivity index (χ4n) is 2.19. The molecule has 0 aliphatic heterocycles. The number of aromatic hydroxyl groups is 1. The lowest BCUT2D eigenvalue weighted by molar-refractivity contribution is 0.441. The van der Waals surface area contributed by atoms with Crippen LogP contribution in [0.3, 0.4) is 0 Å². The van der Waals surface area contributed by atoms with Crippen molar-refractivity contribution in [3.8, 4) is 5.75 Å². The van der Waals surface area contributed by atoms with Gasteiger partial charge in [0.2, 0.25) is 0 Å². The van der Waals surface area contributed by atoms with Crippen LogP contribution in [0.4, 0.5) is 0 Å². The third kappa shape index (κ3) is 3.79. The number of nitrogens with one attached hydrogen (secondary N) is 1. The molecule has 3 rings (SSSR count). The Balaban J connectivity index is 0.000000163. The Hall–Kier alpha value is -1.88. The fraction of sp³-hybridized carbons (Fsp3) is 0.429. The van der Waals surface area contributed by atoms with Gasteiger partial charge in [-0.05, 0) is 25.0 Å². The van der Waals surface area contributed by atoms with E-state index >= 15 is 0 Å². The summed E-state index contributed by atoms with van der Waals surface area (Å²) in [6.07, 6.45) is 7.97. The number of H-pyrrole nitrogens is 1. The SMILES string of the molecule is NC1CCCCC1.O=c1[nH]cnc2cc(O)ccc12. The maximum Gasteiger partial charge on any atom is 0.258 e. The Morgan fingerprint density at radius 2 is 2.00 bits per heavy atom. The minimum atomic E-state index is -0.194. The van der Waals surface area contributed by atoms with Crippen LogP contribution in [-0.4, -0.2) is 21.1 Å². The number of benzene rings is 1. The van der Waals surface area contributed by atoms with E-state index < -0.39 is 0 Å². The van der Waals surface area contributed by atoms with Crippen molar-refractivity contribution in [2.45, 2.75) is 38.1 Å². The summed E-state index contributed by atoms with van der Waals surface area (Å²) in [5, 5.41) is 9.55. The van der Waals surface area contributed by atoms with Gasteiger partial charge in [0.05, 0.1) is 17.2 Å². The monoisotopic (exact) mass is 261 g/mol. The Kier molecular flexibility index (Phi) is 4.52. The van der Waals surface area contributed by atoms with Crippen LogP contribution in [0.1, 0.15) is 32.1 Å². The molecule has 1 heterocycles. The van der Waals surface area contributed by atoms with Crippen molar-refractivity contribution >= 4 is 10.9 Å². The zero-order chi connectivity index (χ0) is 13.7. The lowest BCUT2D eigenvalue weighted by atomic mass is 9.97. The number of rotatable bonds is 0. The largest absolute Gasteiger partial charge is 0.508 e. The fourth-order valence-corrected chi connectivity index (χ4v) is 2.19. The molecule has 1 saturated carbocycles. The van der Waals surface area contributed by atoms with E-state index in [1.165, 1.54) is 56.6 Å². The molecule has 0 spiro atoms. The molecule has 0 radical (unpaired) electrons. The minimum Gasteiger partial charge on any atom is -0.508 e. The van der Waals surface area contributed by atoms with Crippen LogP contribution in [0.2, 0.25) is 0 Å². The summed E-state index contributed by atoms with van der Waals surface area (Å²) in [5.74, 6) is 0.112. The molecule has 1 aromatic heterocycles. The first kappa shape index (κ1) is 13.5. The van der Waals surface area contributed by atoms with E-state index in [1.807, 2.05) is 0 Å². The van der Waals surface area contributed by atoms with Crippen LogP contribution in [0.15, 0.2) is 29.3 Å². The van der Waals surface area contributed by atoms with E-state index in [-0.39, 0.29) is 11.3 Å². The van der Waals surface area contributed by atoms with Gasteiger partial charge >= 0.3 is 0 Å². The third-order valence-corrected chi connectivity index (χ3v) is 3.28. The molecule has 5 nitrogen and oxygen atoms in total. The quantitative estimate of drug-likeness (QED) is 0.675. The van der Waals surface area contributed by atoms with Gasteiger partial charge < -0.3 is 15.8 Å². The first-order valence-electron chi connectivity index (χ1n) is 6.59. The molecule has 5 heteroatoms. The minimum absolute atomic E-state index is 0.112. The van der Waals surface area contributed by atoms with Crippen LogP contribution in [0, 0.1) is 0 Å². The molecule has 2 aromatic rings. The van der Waals surface area contributed by atoms with Crippen molar-refractivity contribution in [1.29, 1.82) is 0 Å². The van der Waals surface area contributed by atoms with Crippen LogP contribution < -0.4 is 11.3 Å². The van der Waals surface area contributed by atoms with Gasteiger partial charge in [-0.1, -0.05) is 19.3 Å². The van der Waals surface area contributed by atoms with Gasteiger partial charge in [0, 0.05) is 12.1 Å². The molecule has 1 aromatic carbocycles. The molecule has 0 atom stereocenters. The third-order valence-electron chi connectivity index (χ3n) is 3.28. The lowest BCUT2D eigenvalue weighted by Crippen LogP contribution is -2.22. The molecule has 0 bridgehead atoms. The molecule has 0 saturated heterocycles. The van der Waals surface area contributed by atoms with Gasteiger partial charge in [-0.2, -0.15) is 0 Å². The van der Waals surface area contributed by atoms with E-state index in [2.05, 4.69) is 9.97 Å². The molecule has 19 heavy (non-hydrogen) atoms. The van der Waals surface area contributed by atoms with E-state index in [0.717, 1.165) is 0 Å². The number of phenols is 1.